The summed E-state index contributed by atoms with van der Waals surface area (Å²) in [6.45, 7) is 0. The van der Waals surface area contributed by atoms with Crippen molar-refractivity contribution in [2.75, 3.05) is 11.9 Å². The van der Waals surface area contributed by atoms with Crippen LogP contribution >= 0.6 is 0 Å². The van der Waals surface area contributed by atoms with Crippen molar-refractivity contribution in [2.45, 2.75) is 0 Å². The quantitative estimate of drug-likeness (QED) is 0.230. The van der Waals surface area contributed by atoms with Gasteiger partial charge in [-0.1, -0.05) is 0 Å². The number of nitrogens with one attached hydrogen (secondary N) is 2. The minimum Gasteiger partial charge on any atom is -0.504 e. The number of carbonyl (C=O) groups is 1. The predicted molar refractivity (Wildman–Crippen MR) is 60.3 cm³/mol. The van der Waals surface area contributed by atoms with E-state index in [4.69, 9.17) is 16.2 Å². The van der Waals surface area contributed by atoms with Crippen molar-refractivity contribution in [3.8, 4) is 17.2 Å². The summed E-state index contributed by atoms with van der Waals surface area (Å²) in [7, 11) is 1.34. The monoisotopic (exact) mass is 240 g/mol. The summed E-state index contributed by atoms with van der Waals surface area (Å²) in [4.78, 5) is 12.4. The highest BCUT2D eigenvalue weighted by atomic mass is 16.3. The second kappa shape index (κ2) is 4.47. The molecule has 1 rings (SSSR count). The molecule has 0 saturated carbocycles. The lowest BCUT2D eigenvalue weighted by atomic mass is 10.2. The number of nitrogens with two attached hydrogens (primary N) is 1. The average Bonchev–Trinajstić information content (AvgIpc) is 2.23. The molecule has 8 nitrogen and oxygen atoms in total. The molecule has 17 heavy (non-hydrogen) atoms. The Labute approximate surface area is 96.4 Å². The first kappa shape index (κ1) is 12.4. The van der Waals surface area contributed by atoms with Crippen molar-refractivity contribution in [2.24, 2.45) is 5.73 Å². The fourth-order valence-electron chi connectivity index (χ4n) is 1.10. The van der Waals surface area contributed by atoms with E-state index in [1.54, 1.807) is 0 Å². The van der Waals surface area contributed by atoms with E-state index in [1.165, 1.54) is 7.05 Å². The molecule has 0 aliphatic carbocycles. The molecule has 1 aromatic carbocycles. The maximum atomic E-state index is 11.4. The Hall–Kier alpha value is -2.64. The minimum absolute atomic E-state index is 0.122. The summed E-state index contributed by atoms with van der Waals surface area (Å²) >= 11 is 0. The maximum Gasteiger partial charge on any atom is 0.328 e. The van der Waals surface area contributed by atoms with Crippen molar-refractivity contribution in [1.29, 1.82) is 5.41 Å². The van der Waals surface area contributed by atoms with Gasteiger partial charge in [0.1, 0.15) is 0 Å². The molecule has 8 heteroatoms. The molecule has 0 aliphatic heterocycles. The van der Waals surface area contributed by atoms with Gasteiger partial charge in [-0.25, -0.2) is 4.79 Å². The third-order valence-electron chi connectivity index (χ3n) is 1.99. The van der Waals surface area contributed by atoms with Crippen molar-refractivity contribution >= 4 is 17.7 Å². The number of anilines is 1. The van der Waals surface area contributed by atoms with Crippen LogP contribution in [0.4, 0.5) is 10.5 Å². The number of guanidine groups is 1. The Bertz CT molecular complexity index is 451. The van der Waals surface area contributed by atoms with Crippen LogP contribution in [0.1, 0.15) is 0 Å². The average molecular weight is 240 g/mol. The van der Waals surface area contributed by atoms with Crippen molar-refractivity contribution in [3.63, 3.8) is 0 Å². The number of carbonyl (C=O) groups excluding carboxylic acids is 1. The molecular weight excluding hydrogens is 228 g/mol. The van der Waals surface area contributed by atoms with Gasteiger partial charge in [0.15, 0.2) is 23.2 Å². The lowest BCUT2D eigenvalue weighted by molar-refractivity contribution is 0.251. The zero-order valence-electron chi connectivity index (χ0n) is 8.93. The molecule has 2 amide bonds. The fourth-order valence-corrected chi connectivity index (χ4v) is 1.10. The normalized spacial score (nSPS) is 9.71. The Morgan fingerprint density at radius 3 is 2.24 bits per heavy atom. The number of benzene rings is 1. The van der Waals surface area contributed by atoms with E-state index in [9.17, 15) is 15.0 Å². The summed E-state index contributed by atoms with van der Waals surface area (Å²) < 4.78 is 0. The summed E-state index contributed by atoms with van der Waals surface area (Å²) in [5, 5.41) is 36.5. The minimum atomic E-state index is -0.720. The van der Waals surface area contributed by atoms with Crippen LogP contribution in [0.3, 0.4) is 0 Å². The zero-order chi connectivity index (χ0) is 13.2. The van der Waals surface area contributed by atoms with Crippen LogP contribution in [0, 0.1) is 5.41 Å². The number of urea groups is 1. The van der Waals surface area contributed by atoms with Gasteiger partial charge in [-0.05, 0) is 0 Å². The topological polar surface area (TPSA) is 143 Å². The van der Waals surface area contributed by atoms with Gasteiger partial charge in [-0.15, -0.1) is 0 Å². The van der Waals surface area contributed by atoms with Crippen LogP contribution in [-0.2, 0) is 0 Å². The molecule has 0 atom stereocenters. The van der Waals surface area contributed by atoms with Gasteiger partial charge in [0, 0.05) is 19.2 Å². The number of phenolic OH excluding ortho intramolecular Hbond substituents is 3. The molecule has 0 radical (unpaired) electrons. The van der Waals surface area contributed by atoms with Crippen LogP contribution in [0.2, 0.25) is 0 Å². The SMILES string of the molecule is CN(C(=O)NC(=N)N)c1cc(O)c(O)c(O)c1. The molecule has 0 bridgehead atoms. The summed E-state index contributed by atoms with van der Waals surface area (Å²) in [5.41, 5.74) is 5.10. The molecule has 0 spiro atoms. The largest absolute Gasteiger partial charge is 0.504 e. The highest BCUT2D eigenvalue weighted by Gasteiger charge is 2.15. The van der Waals surface area contributed by atoms with Gasteiger partial charge in [-0.2, -0.15) is 0 Å². The van der Waals surface area contributed by atoms with Crippen LogP contribution in [-0.4, -0.2) is 34.4 Å². The van der Waals surface area contributed by atoms with Crippen LogP contribution < -0.4 is 16.0 Å². The first-order chi connectivity index (χ1) is 7.82. The molecule has 7 N–H and O–H groups in total. The third kappa shape index (κ3) is 2.68. The van der Waals surface area contributed by atoms with Gasteiger partial charge < -0.3 is 21.1 Å². The van der Waals surface area contributed by atoms with E-state index in [0.29, 0.717) is 0 Å². The van der Waals surface area contributed by atoms with E-state index >= 15 is 0 Å². The van der Waals surface area contributed by atoms with Crippen molar-refractivity contribution < 1.29 is 20.1 Å². The second-order valence-corrected chi connectivity index (χ2v) is 3.24. The molecule has 0 heterocycles. The first-order valence-corrected chi connectivity index (χ1v) is 4.46. The zero-order valence-corrected chi connectivity index (χ0v) is 8.93. The molecule has 92 valence electrons. The van der Waals surface area contributed by atoms with Crippen molar-refractivity contribution in [3.05, 3.63) is 12.1 Å². The molecule has 0 aromatic heterocycles. The number of rotatable bonds is 1. The Kier molecular flexibility index (Phi) is 3.27. The first-order valence-electron chi connectivity index (χ1n) is 4.46. The number of phenols is 3. The van der Waals surface area contributed by atoms with Gasteiger partial charge in [0.05, 0.1) is 5.69 Å². The molecule has 0 unspecified atom stereocenters. The predicted octanol–water partition coefficient (Wildman–Crippen LogP) is -0.157. The van der Waals surface area contributed by atoms with E-state index < -0.39 is 29.2 Å². The van der Waals surface area contributed by atoms with Gasteiger partial charge >= 0.3 is 6.03 Å². The number of aromatic hydroxyl groups is 3. The number of hydrogen-bond acceptors (Lipinski definition) is 5. The lowest BCUT2D eigenvalue weighted by Crippen LogP contribution is -2.43. The Morgan fingerprint density at radius 1 is 1.35 bits per heavy atom. The molecule has 0 saturated heterocycles. The van der Waals surface area contributed by atoms with E-state index in [0.717, 1.165) is 17.0 Å². The number of amides is 2. The molecule has 1 aromatic rings. The number of hydrogen-bond donors (Lipinski definition) is 6. The van der Waals surface area contributed by atoms with Crippen LogP contribution in [0.5, 0.6) is 17.2 Å². The summed E-state index contributed by atoms with van der Waals surface area (Å²) in [5.74, 6) is -2.34. The summed E-state index contributed by atoms with van der Waals surface area (Å²) in [6.07, 6.45) is 0. The third-order valence-corrected chi connectivity index (χ3v) is 1.99. The van der Waals surface area contributed by atoms with E-state index in [-0.39, 0.29) is 5.69 Å². The summed E-state index contributed by atoms with van der Waals surface area (Å²) in [6, 6.07) is 1.44. The molecule has 0 aliphatic rings. The van der Waals surface area contributed by atoms with E-state index in [1.807, 2.05) is 5.32 Å². The Balaban J connectivity index is 3.00. The van der Waals surface area contributed by atoms with E-state index in [2.05, 4.69) is 0 Å². The fraction of sp³-hybridized carbons (Fsp3) is 0.111. The smallest absolute Gasteiger partial charge is 0.328 e. The standard InChI is InChI=1S/C9H12N4O4/c1-13(9(17)12-8(10)11)4-2-5(14)7(16)6(15)3-4/h2-3,14-16H,1H3,(H4,10,11,12,17). The lowest BCUT2D eigenvalue weighted by Gasteiger charge is -2.18. The van der Waals surface area contributed by atoms with Gasteiger partial charge in [-0.3, -0.25) is 15.6 Å². The maximum absolute atomic E-state index is 11.4. The van der Waals surface area contributed by atoms with Crippen LogP contribution in [0.25, 0.3) is 0 Å². The highest BCUT2D eigenvalue weighted by molar-refractivity contribution is 6.02. The van der Waals surface area contributed by atoms with Gasteiger partial charge in [0.25, 0.3) is 0 Å². The molecule has 0 fully saturated rings. The Morgan fingerprint density at radius 2 is 1.82 bits per heavy atom. The van der Waals surface area contributed by atoms with Crippen molar-refractivity contribution in [1.82, 2.24) is 5.32 Å². The van der Waals surface area contributed by atoms with Crippen LogP contribution in [0.15, 0.2) is 12.1 Å². The van der Waals surface area contributed by atoms with Gasteiger partial charge in [0.2, 0.25) is 0 Å². The molecular formula is C9H12N4O4. The number of nitrogens with zero attached hydrogens (tertiary/aromatic N) is 1. The second-order valence-electron chi connectivity index (χ2n) is 3.24. The highest BCUT2D eigenvalue weighted by Crippen LogP contribution is 2.38.